The summed E-state index contributed by atoms with van der Waals surface area (Å²) in [6.07, 6.45) is 1.72. The molecule has 1 aromatic heterocycles. The number of rotatable bonds is 4. The third kappa shape index (κ3) is 3.11. The van der Waals surface area contributed by atoms with Crippen molar-refractivity contribution in [2.24, 2.45) is 0 Å². The summed E-state index contributed by atoms with van der Waals surface area (Å²) < 4.78 is 10.8. The number of benzene rings is 2. The normalized spacial score (nSPS) is 16.5. The number of pyridine rings is 1. The van der Waals surface area contributed by atoms with E-state index in [0.29, 0.717) is 5.52 Å². The molecule has 3 aromatic rings. The fourth-order valence-electron chi connectivity index (χ4n) is 3.73. The lowest BCUT2D eigenvalue weighted by atomic mass is 9.94. The molecule has 1 atom stereocenters. The van der Waals surface area contributed by atoms with Crippen LogP contribution in [0.4, 0.5) is 0 Å². The Morgan fingerprint density at radius 2 is 1.85 bits per heavy atom. The van der Waals surface area contributed by atoms with Gasteiger partial charge in [-0.15, -0.1) is 0 Å². The first kappa shape index (κ1) is 16.8. The van der Waals surface area contributed by atoms with E-state index in [1.54, 1.807) is 13.3 Å². The molecule has 0 radical (unpaired) electrons. The monoisotopic (exact) mass is 351 g/mol. The van der Waals surface area contributed by atoms with Crippen LogP contribution in [0.5, 0.6) is 11.5 Å². The molecule has 0 amide bonds. The maximum atomic E-state index is 11.0. The van der Waals surface area contributed by atoms with E-state index in [1.807, 2.05) is 36.4 Å². The molecule has 1 fully saturated rings. The van der Waals surface area contributed by atoms with Crippen molar-refractivity contribution in [1.29, 1.82) is 0 Å². The SMILES string of the molecule is COc1ccc(C(c2ccc3cccnc3c2O)[NH+]2CCOCC2)cc1. The third-order valence-electron chi connectivity index (χ3n) is 5.08. The van der Waals surface area contributed by atoms with E-state index >= 15 is 0 Å². The van der Waals surface area contributed by atoms with E-state index in [0.717, 1.165) is 48.6 Å². The van der Waals surface area contributed by atoms with Crippen molar-refractivity contribution >= 4 is 10.9 Å². The van der Waals surface area contributed by atoms with Gasteiger partial charge in [-0.25, -0.2) is 0 Å². The topological polar surface area (TPSA) is 56.0 Å². The molecule has 0 saturated carbocycles. The summed E-state index contributed by atoms with van der Waals surface area (Å²) >= 11 is 0. The van der Waals surface area contributed by atoms with Gasteiger partial charge in [0.05, 0.1) is 25.9 Å². The van der Waals surface area contributed by atoms with Gasteiger partial charge in [-0.2, -0.15) is 0 Å². The van der Waals surface area contributed by atoms with Crippen LogP contribution in [-0.4, -0.2) is 43.5 Å². The average molecular weight is 351 g/mol. The van der Waals surface area contributed by atoms with Crippen LogP contribution in [0.2, 0.25) is 0 Å². The van der Waals surface area contributed by atoms with Crippen molar-refractivity contribution in [3.05, 3.63) is 65.9 Å². The largest absolute Gasteiger partial charge is 0.505 e. The summed E-state index contributed by atoms with van der Waals surface area (Å²) in [5.41, 5.74) is 2.70. The fraction of sp³-hybridized carbons (Fsp3) is 0.286. The number of fused-ring (bicyclic) bond motifs is 1. The number of nitrogens with one attached hydrogen (secondary N) is 1. The van der Waals surface area contributed by atoms with Crippen LogP contribution in [0, 0.1) is 0 Å². The maximum absolute atomic E-state index is 11.0. The molecule has 0 aliphatic carbocycles. The Balaban J connectivity index is 1.82. The van der Waals surface area contributed by atoms with Gasteiger partial charge in [0.15, 0.2) is 5.75 Å². The van der Waals surface area contributed by atoms with E-state index in [-0.39, 0.29) is 11.8 Å². The van der Waals surface area contributed by atoms with Crippen LogP contribution in [0.25, 0.3) is 10.9 Å². The number of phenolic OH excluding ortho intramolecular Hbond substituents is 1. The average Bonchev–Trinajstić information content (AvgIpc) is 2.71. The van der Waals surface area contributed by atoms with Crippen LogP contribution in [0.1, 0.15) is 17.2 Å². The van der Waals surface area contributed by atoms with Gasteiger partial charge in [0, 0.05) is 17.1 Å². The number of hydrogen-bond donors (Lipinski definition) is 2. The number of nitrogens with zero attached hydrogens (tertiary/aromatic N) is 1. The van der Waals surface area contributed by atoms with Gasteiger partial charge < -0.3 is 19.5 Å². The molecule has 26 heavy (non-hydrogen) atoms. The Kier molecular flexibility index (Phi) is 4.73. The fourth-order valence-corrected chi connectivity index (χ4v) is 3.73. The highest BCUT2D eigenvalue weighted by Gasteiger charge is 2.31. The van der Waals surface area contributed by atoms with Crippen molar-refractivity contribution in [3.63, 3.8) is 0 Å². The molecule has 2 N–H and O–H groups in total. The molecular weight excluding hydrogens is 328 g/mol. The quantitative estimate of drug-likeness (QED) is 0.754. The predicted octanol–water partition coefficient (Wildman–Crippen LogP) is 1.95. The first-order chi connectivity index (χ1) is 12.8. The molecule has 1 aliphatic heterocycles. The highest BCUT2D eigenvalue weighted by Crippen LogP contribution is 2.33. The first-order valence-electron chi connectivity index (χ1n) is 8.91. The number of quaternary nitrogens is 1. The minimum Gasteiger partial charge on any atom is -0.505 e. The van der Waals surface area contributed by atoms with Gasteiger partial charge in [-0.1, -0.05) is 12.1 Å². The first-order valence-corrected chi connectivity index (χ1v) is 8.91. The summed E-state index contributed by atoms with van der Waals surface area (Å²) in [6, 6.07) is 16.0. The second-order valence-electron chi connectivity index (χ2n) is 6.56. The molecular formula is C21H23N2O3+. The molecule has 2 heterocycles. The van der Waals surface area contributed by atoms with Crippen LogP contribution < -0.4 is 9.64 Å². The smallest absolute Gasteiger partial charge is 0.151 e. The van der Waals surface area contributed by atoms with Crippen molar-refractivity contribution in [3.8, 4) is 11.5 Å². The van der Waals surface area contributed by atoms with Gasteiger partial charge in [-0.3, -0.25) is 4.98 Å². The number of phenols is 1. The number of methoxy groups -OCH3 is 1. The lowest BCUT2D eigenvalue weighted by Gasteiger charge is -2.32. The zero-order valence-corrected chi connectivity index (χ0v) is 14.8. The molecule has 0 spiro atoms. The Labute approximate surface area is 152 Å². The second kappa shape index (κ2) is 7.32. The van der Waals surface area contributed by atoms with Gasteiger partial charge >= 0.3 is 0 Å². The zero-order valence-electron chi connectivity index (χ0n) is 14.8. The molecule has 134 valence electrons. The summed E-state index contributed by atoms with van der Waals surface area (Å²) in [4.78, 5) is 5.77. The Bertz CT molecular complexity index is 889. The lowest BCUT2D eigenvalue weighted by molar-refractivity contribution is -0.933. The molecule has 5 nitrogen and oxygen atoms in total. The molecule has 0 bridgehead atoms. The number of hydrogen-bond acceptors (Lipinski definition) is 4. The van der Waals surface area contributed by atoms with E-state index in [9.17, 15) is 5.11 Å². The van der Waals surface area contributed by atoms with E-state index in [4.69, 9.17) is 9.47 Å². The van der Waals surface area contributed by atoms with Crippen LogP contribution in [-0.2, 0) is 4.74 Å². The number of ether oxygens (including phenoxy) is 2. The molecule has 1 unspecified atom stereocenters. The molecule has 5 heteroatoms. The maximum Gasteiger partial charge on any atom is 0.151 e. The van der Waals surface area contributed by atoms with Gasteiger partial charge in [0.25, 0.3) is 0 Å². The van der Waals surface area contributed by atoms with Gasteiger partial charge in [-0.05, 0) is 36.4 Å². The summed E-state index contributed by atoms with van der Waals surface area (Å²) in [7, 11) is 1.67. The summed E-state index contributed by atoms with van der Waals surface area (Å²) in [5, 5.41) is 11.9. The number of aromatic nitrogens is 1. The minimum absolute atomic E-state index is 0.0243. The second-order valence-corrected chi connectivity index (χ2v) is 6.56. The van der Waals surface area contributed by atoms with E-state index in [1.165, 1.54) is 4.90 Å². The highest BCUT2D eigenvalue weighted by atomic mass is 16.5. The van der Waals surface area contributed by atoms with Gasteiger partial charge in [0.1, 0.15) is 30.4 Å². The Morgan fingerprint density at radius 3 is 2.58 bits per heavy atom. The Hall–Kier alpha value is -2.63. The molecule has 4 rings (SSSR count). The van der Waals surface area contributed by atoms with E-state index < -0.39 is 0 Å². The Morgan fingerprint density at radius 1 is 1.08 bits per heavy atom. The zero-order chi connectivity index (χ0) is 17.9. The van der Waals surface area contributed by atoms with Crippen LogP contribution in [0.15, 0.2) is 54.7 Å². The van der Waals surface area contributed by atoms with Crippen molar-refractivity contribution in [1.82, 2.24) is 4.98 Å². The standard InChI is InChI=1S/C21H22N2O3/c1-25-17-7-4-16(5-8-17)20(23-11-13-26-14-12-23)18-9-6-15-3-2-10-22-19(15)21(18)24/h2-10,20,24H,11-14H2,1H3/p+1. The predicted molar refractivity (Wildman–Crippen MR) is 99.8 cm³/mol. The minimum atomic E-state index is 0.0243. The number of morpholine rings is 1. The lowest BCUT2D eigenvalue weighted by Crippen LogP contribution is -3.14. The van der Waals surface area contributed by atoms with E-state index in [2.05, 4.69) is 17.1 Å². The van der Waals surface area contributed by atoms with Crippen molar-refractivity contribution in [2.75, 3.05) is 33.4 Å². The number of aromatic hydroxyl groups is 1. The van der Waals surface area contributed by atoms with Crippen molar-refractivity contribution < 1.29 is 19.5 Å². The van der Waals surface area contributed by atoms with Crippen LogP contribution >= 0.6 is 0 Å². The van der Waals surface area contributed by atoms with Gasteiger partial charge in [0.2, 0.25) is 0 Å². The summed E-state index contributed by atoms with van der Waals surface area (Å²) in [6.45, 7) is 3.26. The van der Waals surface area contributed by atoms with Crippen LogP contribution in [0.3, 0.4) is 0 Å². The third-order valence-corrected chi connectivity index (χ3v) is 5.08. The molecule has 1 saturated heterocycles. The molecule has 1 aliphatic rings. The molecule has 2 aromatic carbocycles. The summed E-state index contributed by atoms with van der Waals surface area (Å²) in [5.74, 6) is 1.09. The van der Waals surface area contributed by atoms with Crippen molar-refractivity contribution in [2.45, 2.75) is 6.04 Å². The highest BCUT2D eigenvalue weighted by molar-refractivity contribution is 5.85.